The third-order valence-corrected chi connectivity index (χ3v) is 5.12. The SMILES string of the molecule is CCCNC(=O)C(C)(C)C(=O)N1CCN(c2cccc(C)c2C)CC1. The fraction of sp³-hybridized carbons (Fsp3) is 0.600. The van der Waals surface area contributed by atoms with Crippen LogP contribution in [0.15, 0.2) is 18.2 Å². The van der Waals surface area contributed by atoms with Crippen molar-refractivity contribution in [1.82, 2.24) is 10.2 Å². The van der Waals surface area contributed by atoms with E-state index in [1.807, 2.05) is 11.8 Å². The average Bonchev–Trinajstić information content (AvgIpc) is 2.61. The Morgan fingerprint density at radius 1 is 1.12 bits per heavy atom. The standard InChI is InChI=1S/C20H31N3O2/c1-6-10-21-18(24)20(4,5)19(25)23-13-11-22(12-14-23)17-9-7-8-15(2)16(17)3/h7-9H,6,10-14H2,1-5H3,(H,21,24). The predicted octanol–water partition coefficient (Wildman–Crippen LogP) is 2.50. The van der Waals surface area contributed by atoms with E-state index in [9.17, 15) is 9.59 Å². The highest BCUT2D eigenvalue weighted by Gasteiger charge is 2.39. The van der Waals surface area contributed by atoms with E-state index in [0.717, 1.165) is 19.5 Å². The second-order valence-electron chi connectivity index (χ2n) is 7.38. The lowest BCUT2D eigenvalue weighted by Crippen LogP contribution is -2.55. The summed E-state index contributed by atoms with van der Waals surface area (Å²) in [6.07, 6.45) is 0.866. The Labute approximate surface area is 151 Å². The molecule has 0 atom stereocenters. The number of carbonyl (C=O) groups excluding carboxylic acids is 2. The van der Waals surface area contributed by atoms with E-state index in [-0.39, 0.29) is 11.8 Å². The number of nitrogens with one attached hydrogen (secondary N) is 1. The fourth-order valence-electron chi connectivity index (χ4n) is 3.18. The van der Waals surface area contributed by atoms with Crippen LogP contribution >= 0.6 is 0 Å². The number of hydrogen-bond donors (Lipinski definition) is 1. The third kappa shape index (κ3) is 4.14. The van der Waals surface area contributed by atoms with Gasteiger partial charge in [-0.3, -0.25) is 9.59 Å². The van der Waals surface area contributed by atoms with E-state index < -0.39 is 5.41 Å². The number of benzene rings is 1. The average molecular weight is 345 g/mol. The smallest absolute Gasteiger partial charge is 0.237 e. The summed E-state index contributed by atoms with van der Waals surface area (Å²) in [5.74, 6) is -0.266. The highest BCUT2D eigenvalue weighted by molar-refractivity contribution is 6.04. The Morgan fingerprint density at radius 3 is 2.36 bits per heavy atom. The van der Waals surface area contributed by atoms with Crippen molar-refractivity contribution in [2.45, 2.75) is 41.0 Å². The second-order valence-corrected chi connectivity index (χ2v) is 7.38. The molecule has 1 aliphatic rings. The number of amides is 2. The largest absolute Gasteiger partial charge is 0.368 e. The molecule has 0 radical (unpaired) electrons. The van der Waals surface area contributed by atoms with Gasteiger partial charge in [-0.15, -0.1) is 0 Å². The number of piperazine rings is 1. The maximum atomic E-state index is 12.8. The Bertz CT molecular complexity index is 632. The molecule has 1 aliphatic heterocycles. The van der Waals surface area contributed by atoms with Crippen LogP contribution in [0.5, 0.6) is 0 Å². The van der Waals surface area contributed by atoms with Gasteiger partial charge in [-0.05, 0) is 51.3 Å². The molecule has 25 heavy (non-hydrogen) atoms. The van der Waals surface area contributed by atoms with E-state index >= 15 is 0 Å². The van der Waals surface area contributed by atoms with Crippen molar-refractivity contribution in [3.05, 3.63) is 29.3 Å². The summed E-state index contributed by atoms with van der Waals surface area (Å²) < 4.78 is 0. The first-order chi connectivity index (χ1) is 11.8. The zero-order chi connectivity index (χ0) is 18.6. The molecule has 0 spiro atoms. The van der Waals surface area contributed by atoms with Crippen LogP contribution in [0.1, 0.15) is 38.3 Å². The van der Waals surface area contributed by atoms with Gasteiger partial charge < -0.3 is 15.1 Å². The summed E-state index contributed by atoms with van der Waals surface area (Å²) in [6, 6.07) is 6.34. The van der Waals surface area contributed by atoms with Crippen molar-refractivity contribution < 1.29 is 9.59 Å². The fourth-order valence-corrected chi connectivity index (χ4v) is 3.18. The molecule has 1 fully saturated rings. The molecule has 138 valence electrons. The van der Waals surface area contributed by atoms with Crippen LogP contribution in [0.2, 0.25) is 0 Å². The molecule has 1 aromatic rings. The summed E-state index contributed by atoms with van der Waals surface area (Å²) in [4.78, 5) is 29.3. The van der Waals surface area contributed by atoms with Gasteiger partial charge in [0, 0.05) is 38.4 Å². The third-order valence-electron chi connectivity index (χ3n) is 5.12. The van der Waals surface area contributed by atoms with Crippen LogP contribution in [0.3, 0.4) is 0 Å². The zero-order valence-corrected chi connectivity index (χ0v) is 16.2. The lowest BCUT2D eigenvalue weighted by molar-refractivity contribution is -0.148. The Kier molecular flexibility index (Phi) is 6.09. The molecule has 1 heterocycles. The molecule has 5 heteroatoms. The van der Waals surface area contributed by atoms with Gasteiger partial charge in [0.15, 0.2) is 0 Å². The molecule has 0 saturated carbocycles. The molecule has 1 N–H and O–H groups in total. The van der Waals surface area contributed by atoms with Crippen molar-refractivity contribution in [2.24, 2.45) is 5.41 Å². The molecule has 5 nitrogen and oxygen atoms in total. The Morgan fingerprint density at radius 2 is 1.76 bits per heavy atom. The molecular formula is C20H31N3O2. The predicted molar refractivity (Wildman–Crippen MR) is 102 cm³/mol. The van der Waals surface area contributed by atoms with Gasteiger partial charge >= 0.3 is 0 Å². The maximum Gasteiger partial charge on any atom is 0.237 e. The van der Waals surface area contributed by atoms with Crippen LogP contribution < -0.4 is 10.2 Å². The normalized spacial score (nSPS) is 15.2. The molecule has 0 aromatic heterocycles. The van der Waals surface area contributed by atoms with E-state index in [1.165, 1.54) is 16.8 Å². The van der Waals surface area contributed by atoms with Crippen molar-refractivity contribution >= 4 is 17.5 Å². The van der Waals surface area contributed by atoms with Gasteiger partial charge in [0.05, 0.1) is 0 Å². The first-order valence-corrected chi connectivity index (χ1v) is 9.18. The lowest BCUT2D eigenvalue weighted by atomic mass is 9.90. The van der Waals surface area contributed by atoms with Crippen molar-refractivity contribution in [2.75, 3.05) is 37.6 Å². The first-order valence-electron chi connectivity index (χ1n) is 9.18. The lowest BCUT2D eigenvalue weighted by Gasteiger charge is -2.39. The minimum atomic E-state index is -1.02. The topological polar surface area (TPSA) is 52.7 Å². The van der Waals surface area contributed by atoms with Crippen molar-refractivity contribution in [1.29, 1.82) is 0 Å². The zero-order valence-electron chi connectivity index (χ0n) is 16.2. The molecule has 1 aromatic carbocycles. The van der Waals surface area contributed by atoms with E-state index in [1.54, 1.807) is 13.8 Å². The summed E-state index contributed by atoms with van der Waals surface area (Å²) in [5.41, 5.74) is 2.80. The monoisotopic (exact) mass is 345 g/mol. The number of anilines is 1. The highest BCUT2D eigenvalue weighted by Crippen LogP contribution is 2.25. The number of carbonyl (C=O) groups is 2. The van der Waals surface area contributed by atoms with E-state index in [2.05, 4.69) is 42.3 Å². The Balaban J connectivity index is 2.00. The molecule has 0 unspecified atom stereocenters. The summed E-state index contributed by atoms with van der Waals surface area (Å²) in [6.45, 7) is 13.2. The molecule has 2 amide bonds. The van der Waals surface area contributed by atoms with Crippen molar-refractivity contribution in [3.63, 3.8) is 0 Å². The second kappa shape index (κ2) is 7.89. The number of hydrogen-bond acceptors (Lipinski definition) is 3. The molecule has 0 aliphatic carbocycles. The van der Waals surface area contributed by atoms with Gasteiger partial charge in [-0.1, -0.05) is 19.1 Å². The van der Waals surface area contributed by atoms with Crippen LogP contribution in [-0.4, -0.2) is 49.4 Å². The minimum Gasteiger partial charge on any atom is -0.368 e. The number of nitrogens with zero attached hydrogens (tertiary/aromatic N) is 2. The summed E-state index contributed by atoms with van der Waals surface area (Å²) in [5, 5.41) is 2.84. The molecule has 1 saturated heterocycles. The van der Waals surface area contributed by atoms with E-state index in [4.69, 9.17) is 0 Å². The van der Waals surface area contributed by atoms with Gasteiger partial charge in [0.1, 0.15) is 5.41 Å². The van der Waals surface area contributed by atoms with Crippen LogP contribution in [0.25, 0.3) is 0 Å². The Hall–Kier alpha value is -2.04. The molecule has 2 rings (SSSR count). The molecule has 0 bridgehead atoms. The summed E-state index contributed by atoms with van der Waals surface area (Å²) in [7, 11) is 0. The van der Waals surface area contributed by atoms with Crippen LogP contribution in [-0.2, 0) is 9.59 Å². The number of aryl methyl sites for hydroxylation is 1. The quantitative estimate of drug-likeness (QED) is 0.834. The van der Waals surface area contributed by atoms with Gasteiger partial charge in [-0.2, -0.15) is 0 Å². The molecular weight excluding hydrogens is 314 g/mol. The minimum absolute atomic E-state index is 0.0817. The van der Waals surface area contributed by atoms with Gasteiger partial charge in [0.25, 0.3) is 0 Å². The van der Waals surface area contributed by atoms with Gasteiger partial charge in [-0.25, -0.2) is 0 Å². The van der Waals surface area contributed by atoms with Crippen LogP contribution in [0, 0.1) is 19.3 Å². The number of rotatable bonds is 5. The van der Waals surface area contributed by atoms with Crippen molar-refractivity contribution in [3.8, 4) is 0 Å². The maximum absolute atomic E-state index is 12.8. The van der Waals surface area contributed by atoms with Crippen LogP contribution in [0.4, 0.5) is 5.69 Å². The van der Waals surface area contributed by atoms with E-state index in [0.29, 0.717) is 19.6 Å². The first kappa shape index (κ1) is 19.3. The van der Waals surface area contributed by atoms with Gasteiger partial charge in [0.2, 0.25) is 11.8 Å². The highest BCUT2D eigenvalue weighted by atomic mass is 16.2. The summed E-state index contributed by atoms with van der Waals surface area (Å²) >= 11 is 0.